The lowest BCUT2D eigenvalue weighted by Gasteiger charge is -2.26. The number of anilines is 1. The SMILES string of the molecule is CCNC(=O)c1cc2c(=O)n3ccccc3[nH+]c2nc1NCCCN1CCOCC1. The Hall–Kier alpha value is -3.04. The average molecular weight is 411 g/mol. The van der Waals surface area contributed by atoms with E-state index in [0.29, 0.717) is 41.2 Å². The van der Waals surface area contributed by atoms with Crippen LogP contribution < -0.4 is 21.2 Å². The highest BCUT2D eigenvalue weighted by Gasteiger charge is 2.21. The molecule has 0 saturated carbocycles. The number of pyridine rings is 2. The fraction of sp³-hybridized carbons (Fsp3) is 0.429. The van der Waals surface area contributed by atoms with Gasteiger partial charge in [-0.3, -0.25) is 9.69 Å². The van der Waals surface area contributed by atoms with Gasteiger partial charge in [-0.15, -0.1) is 0 Å². The maximum absolute atomic E-state index is 12.9. The van der Waals surface area contributed by atoms with Gasteiger partial charge in [-0.2, -0.15) is 4.40 Å². The fourth-order valence-electron chi connectivity index (χ4n) is 3.64. The van der Waals surface area contributed by atoms with Crippen LogP contribution in [0.1, 0.15) is 23.7 Å². The predicted octanol–water partition coefficient (Wildman–Crippen LogP) is 0.546. The fourth-order valence-corrected chi connectivity index (χ4v) is 3.64. The molecule has 0 bridgehead atoms. The molecule has 1 saturated heterocycles. The number of aromatic nitrogens is 3. The molecule has 30 heavy (non-hydrogen) atoms. The normalized spacial score (nSPS) is 14.8. The van der Waals surface area contributed by atoms with Gasteiger partial charge in [-0.1, -0.05) is 11.1 Å². The number of H-pyrrole nitrogens is 1. The first-order valence-electron chi connectivity index (χ1n) is 10.4. The number of ether oxygens (including phenoxy) is 1. The van der Waals surface area contributed by atoms with Crippen LogP contribution >= 0.6 is 0 Å². The van der Waals surface area contributed by atoms with Gasteiger partial charge in [-0.25, -0.2) is 9.78 Å². The molecule has 1 fully saturated rings. The number of hydrogen-bond donors (Lipinski definition) is 2. The van der Waals surface area contributed by atoms with Gasteiger partial charge in [0.1, 0.15) is 10.9 Å². The molecule has 0 spiro atoms. The number of rotatable bonds is 7. The lowest BCUT2D eigenvalue weighted by Crippen LogP contribution is -2.37. The highest BCUT2D eigenvalue weighted by Crippen LogP contribution is 2.17. The Bertz CT molecular complexity index is 1110. The second-order valence-corrected chi connectivity index (χ2v) is 7.26. The average Bonchev–Trinajstić information content (AvgIpc) is 2.77. The summed E-state index contributed by atoms with van der Waals surface area (Å²) in [7, 11) is 0. The van der Waals surface area contributed by atoms with Gasteiger partial charge in [0.25, 0.3) is 11.6 Å². The van der Waals surface area contributed by atoms with Crippen LogP contribution in [0.5, 0.6) is 0 Å². The van der Waals surface area contributed by atoms with Gasteiger partial charge in [0.15, 0.2) is 0 Å². The van der Waals surface area contributed by atoms with Gasteiger partial charge in [-0.05, 0) is 32.0 Å². The molecule has 3 aromatic rings. The van der Waals surface area contributed by atoms with E-state index in [4.69, 9.17) is 4.74 Å². The first-order valence-corrected chi connectivity index (χ1v) is 10.4. The van der Waals surface area contributed by atoms with E-state index < -0.39 is 0 Å². The van der Waals surface area contributed by atoms with E-state index in [1.54, 1.807) is 18.3 Å². The Labute approximate surface area is 174 Å². The van der Waals surface area contributed by atoms with Crippen molar-refractivity contribution in [3.8, 4) is 0 Å². The Morgan fingerprint density at radius 3 is 2.93 bits per heavy atom. The molecular weight excluding hydrogens is 384 g/mol. The molecule has 158 valence electrons. The van der Waals surface area contributed by atoms with Crippen LogP contribution in [0.4, 0.5) is 5.82 Å². The van der Waals surface area contributed by atoms with Gasteiger partial charge >= 0.3 is 5.56 Å². The van der Waals surface area contributed by atoms with Gasteiger partial charge < -0.3 is 15.4 Å². The maximum atomic E-state index is 12.9. The highest BCUT2D eigenvalue weighted by atomic mass is 16.5. The molecule has 0 atom stereocenters. The minimum atomic E-state index is -0.250. The molecule has 4 heterocycles. The van der Waals surface area contributed by atoms with E-state index in [2.05, 4.69) is 25.5 Å². The lowest BCUT2D eigenvalue weighted by molar-refractivity contribution is -0.319. The summed E-state index contributed by atoms with van der Waals surface area (Å²) in [6, 6.07) is 7.08. The zero-order valence-electron chi connectivity index (χ0n) is 17.1. The van der Waals surface area contributed by atoms with Crippen molar-refractivity contribution in [3.63, 3.8) is 0 Å². The second-order valence-electron chi connectivity index (χ2n) is 7.26. The van der Waals surface area contributed by atoms with Crippen LogP contribution in [-0.4, -0.2) is 66.1 Å². The molecule has 1 amide bonds. The molecule has 0 aliphatic carbocycles. The number of amides is 1. The number of carbonyl (C=O) groups excluding carboxylic acids is 1. The number of aromatic amines is 1. The Morgan fingerprint density at radius 2 is 2.13 bits per heavy atom. The van der Waals surface area contributed by atoms with Crippen LogP contribution in [0.2, 0.25) is 0 Å². The van der Waals surface area contributed by atoms with Crippen LogP contribution in [-0.2, 0) is 4.74 Å². The van der Waals surface area contributed by atoms with Crippen LogP contribution in [0.15, 0.2) is 35.3 Å². The lowest BCUT2D eigenvalue weighted by atomic mass is 10.2. The van der Waals surface area contributed by atoms with E-state index in [1.165, 1.54) is 4.40 Å². The summed E-state index contributed by atoms with van der Waals surface area (Å²) in [6.07, 6.45) is 2.61. The van der Waals surface area contributed by atoms with Gasteiger partial charge in [0.05, 0.1) is 19.4 Å². The van der Waals surface area contributed by atoms with Gasteiger partial charge in [0, 0.05) is 32.2 Å². The Morgan fingerprint density at radius 1 is 1.30 bits per heavy atom. The second kappa shape index (κ2) is 9.19. The third-order valence-electron chi connectivity index (χ3n) is 5.21. The van der Waals surface area contributed by atoms with Gasteiger partial charge in [0.2, 0.25) is 11.5 Å². The van der Waals surface area contributed by atoms with E-state index in [0.717, 1.165) is 39.3 Å². The summed E-state index contributed by atoms with van der Waals surface area (Å²) in [5, 5.41) is 6.47. The number of carbonyl (C=O) groups is 1. The van der Waals surface area contributed by atoms with E-state index >= 15 is 0 Å². The summed E-state index contributed by atoms with van der Waals surface area (Å²) in [5.74, 6) is 0.228. The summed E-state index contributed by atoms with van der Waals surface area (Å²) >= 11 is 0. The van der Waals surface area contributed by atoms with Crippen molar-refractivity contribution in [2.24, 2.45) is 0 Å². The predicted molar refractivity (Wildman–Crippen MR) is 114 cm³/mol. The third kappa shape index (κ3) is 4.27. The summed E-state index contributed by atoms with van der Waals surface area (Å²) in [5.41, 5.74) is 1.26. The largest absolute Gasteiger partial charge is 0.379 e. The maximum Gasteiger partial charge on any atom is 0.325 e. The van der Waals surface area contributed by atoms with Crippen LogP contribution in [0.3, 0.4) is 0 Å². The first kappa shape index (κ1) is 20.2. The number of morpholine rings is 1. The van der Waals surface area contributed by atoms with E-state index in [1.807, 2.05) is 19.1 Å². The van der Waals surface area contributed by atoms with E-state index in [9.17, 15) is 9.59 Å². The monoisotopic (exact) mass is 411 g/mol. The third-order valence-corrected chi connectivity index (χ3v) is 5.21. The highest BCUT2D eigenvalue weighted by molar-refractivity contribution is 6.01. The van der Waals surface area contributed by atoms with Crippen molar-refractivity contribution in [1.29, 1.82) is 0 Å². The zero-order valence-corrected chi connectivity index (χ0v) is 17.1. The number of nitrogens with zero attached hydrogens (tertiary/aromatic N) is 3. The minimum Gasteiger partial charge on any atom is -0.379 e. The zero-order chi connectivity index (χ0) is 20.9. The quantitative estimate of drug-likeness (QED) is 0.435. The number of fused-ring (bicyclic) bond motifs is 2. The topological polar surface area (TPSA) is 102 Å². The number of hydrogen-bond acceptors (Lipinski definition) is 6. The van der Waals surface area contributed by atoms with Crippen molar-refractivity contribution >= 4 is 28.4 Å². The molecule has 3 N–H and O–H groups in total. The molecule has 3 aromatic heterocycles. The van der Waals surface area contributed by atoms with Crippen molar-refractivity contribution in [2.75, 3.05) is 51.3 Å². The van der Waals surface area contributed by atoms with Crippen molar-refractivity contribution in [1.82, 2.24) is 19.6 Å². The van der Waals surface area contributed by atoms with Crippen LogP contribution in [0.25, 0.3) is 16.7 Å². The van der Waals surface area contributed by atoms with Crippen molar-refractivity contribution < 1.29 is 14.5 Å². The standard InChI is InChI=1S/C21H26N6O3/c1-2-22-20(28)15-14-16-19(24-17-6-3-4-9-27(17)21(16)29)25-18(15)23-7-5-8-26-10-12-30-13-11-26/h3-4,6,9,14H,2,5,7-8,10-13H2,1H3,(H,22,28)(H,23,25)/p+1. The molecule has 9 nitrogen and oxygen atoms in total. The minimum absolute atomic E-state index is 0.212. The first-order chi connectivity index (χ1) is 14.7. The van der Waals surface area contributed by atoms with Crippen molar-refractivity contribution in [2.45, 2.75) is 13.3 Å². The molecule has 4 rings (SSSR count). The molecule has 0 unspecified atom stereocenters. The summed E-state index contributed by atoms with van der Waals surface area (Å²) < 4.78 is 6.89. The van der Waals surface area contributed by atoms with Crippen LogP contribution in [0, 0.1) is 0 Å². The Balaban J connectivity index is 1.62. The Kier molecular flexibility index (Phi) is 6.20. The van der Waals surface area contributed by atoms with E-state index in [-0.39, 0.29) is 11.5 Å². The van der Waals surface area contributed by atoms with Crippen molar-refractivity contribution in [3.05, 3.63) is 46.4 Å². The molecule has 0 aromatic carbocycles. The molecular formula is C21H27N6O3+. The summed E-state index contributed by atoms with van der Waals surface area (Å²) in [6.45, 7) is 7.44. The smallest absolute Gasteiger partial charge is 0.325 e. The molecule has 9 heteroatoms. The number of nitrogens with one attached hydrogen (secondary N) is 3. The molecule has 1 aliphatic heterocycles. The molecule has 1 aliphatic rings. The summed E-state index contributed by atoms with van der Waals surface area (Å²) in [4.78, 5) is 35.7. The molecule has 0 radical (unpaired) electrons.